The largest absolute Gasteiger partial charge is 0.384 e. The summed E-state index contributed by atoms with van der Waals surface area (Å²) in [6.07, 6.45) is 4.40. The van der Waals surface area contributed by atoms with Crippen molar-refractivity contribution >= 4 is 33.8 Å². The quantitative estimate of drug-likeness (QED) is 0.659. The first-order chi connectivity index (χ1) is 8.70. The van der Waals surface area contributed by atoms with Crippen LogP contribution in [0.4, 0.5) is 0 Å². The van der Waals surface area contributed by atoms with Crippen LogP contribution >= 0.6 is 23.1 Å². The highest BCUT2D eigenvalue weighted by Crippen LogP contribution is 2.37. The molecule has 0 saturated heterocycles. The highest BCUT2D eigenvalue weighted by atomic mass is 32.2. The van der Waals surface area contributed by atoms with Crippen LogP contribution < -0.4 is 5.73 Å². The predicted molar refractivity (Wildman–Crippen MR) is 80.4 cm³/mol. The zero-order valence-corrected chi connectivity index (χ0v) is 12.1. The maximum atomic E-state index is 7.23. The van der Waals surface area contributed by atoms with Crippen molar-refractivity contribution < 1.29 is 4.74 Å². The summed E-state index contributed by atoms with van der Waals surface area (Å²) < 4.78 is 5.28. The number of amidine groups is 1. The van der Waals surface area contributed by atoms with E-state index in [1.165, 1.54) is 27.8 Å². The first-order valence-electron chi connectivity index (χ1n) is 5.92. The number of methoxy groups -OCH3 is 1. The van der Waals surface area contributed by atoms with E-state index in [-0.39, 0.29) is 5.17 Å². The molecule has 1 unspecified atom stereocenters. The lowest BCUT2D eigenvalue weighted by atomic mass is 9.85. The van der Waals surface area contributed by atoms with Crippen molar-refractivity contribution in [3.63, 3.8) is 0 Å². The maximum Gasteiger partial charge on any atom is 0.151 e. The molecule has 0 saturated carbocycles. The molecule has 1 aromatic rings. The summed E-state index contributed by atoms with van der Waals surface area (Å²) in [7, 11) is 1.76. The second-order valence-corrected chi connectivity index (χ2v) is 6.45. The molecule has 1 aliphatic carbocycles. The van der Waals surface area contributed by atoms with Crippen LogP contribution in [0.5, 0.6) is 0 Å². The topological polar surface area (TPSA) is 59.1 Å². The zero-order chi connectivity index (χ0) is 13.0. The Morgan fingerprint density at radius 1 is 1.67 bits per heavy atom. The third-order valence-electron chi connectivity index (χ3n) is 3.04. The number of thiophene rings is 1. The molecular weight excluding hydrogens is 264 g/mol. The fourth-order valence-corrected chi connectivity index (χ4v) is 3.81. The molecule has 5 heteroatoms. The number of thioether (sulfide) groups is 1. The molecule has 2 rings (SSSR count). The van der Waals surface area contributed by atoms with Gasteiger partial charge in [0.05, 0.1) is 0 Å². The molecule has 0 fully saturated rings. The fraction of sp³-hybridized carbons (Fsp3) is 0.462. The van der Waals surface area contributed by atoms with E-state index in [1.54, 1.807) is 7.11 Å². The van der Waals surface area contributed by atoms with Gasteiger partial charge in [0.2, 0.25) is 0 Å². The van der Waals surface area contributed by atoms with Crippen molar-refractivity contribution in [1.29, 1.82) is 5.41 Å². The summed E-state index contributed by atoms with van der Waals surface area (Å²) in [6, 6.07) is 2.20. The number of ether oxygens (including phenoxy) is 1. The number of rotatable bonds is 4. The smallest absolute Gasteiger partial charge is 0.151 e. The monoisotopic (exact) mass is 282 g/mol. The molecule has 0 aromatic carbocycles. The van der Waals surface area contributed by atoms with Gasteiger partial charge in [-0.2, -0.15) is 0 Å². The molecule has 1 heterocycles. The van der Waals surface area contributed by atoms with Gasteiger partial charge >= 0.3 is 0 Å². The van der Waals surface area contributed by atoms with Gasteiger partial charge in [-0.25, -0.2) is 0 Å². The maximum absolute atomic E-state index is 7.23. The number of allylic oxidation sites excluding steroid dienone is 1. The van der Waals surface area contributed by atoms with E-state index >= 15 is 0 Å². The summed E-state index contributed by atoms with van der Waals surface area (Å²) in [4.78, 5) is 1.46. The molecule has 1 aromatic heterocycles. The molecule has 3 N–H and O–H groups in total. The van der Waals surface area contributed by atoms with Crippen molar-refractivity contribution in [3.05, 3.63) is 28.0 Å². The van der Waals surface area contributed by atoms with E-state index in [4.69, 9.17) is 15.9 Å². The van der Waals surface area contributed by atoms with E-state index in [1.807, 2.05) is 11.3 Å². The van der Waals surface area contributed by atoms with Crippen molar-refractivity contribution in [1.82, 2.24) is 0 Å². The fourth-order valence-electron chi connectivity index (χ4n) is 2.32. The molecule has 3 nitrogen and oxygen atoms in total. The Kier molecular flexibility index (Phi) is 4.86. The van der Waals surface area contributed by atoms with E-state index in [2.05, 4.69) is 17.5 Å². The predicted octanol–water partition coefficient (Wildman–Crippen LogP) is 2.97. The third kappa shape index (κ3) is 3.37. The van der Waals surface area contributed by atoms with Crippen LogP contribution in [0, 0.1) is 11.3 Å². The summed E-state index contributed by atoms with van der Waals surface area (Å²) in [5.41, 5.74) is 8.13. The van der Waals surface area contributed by atoms with Gasteiger partial charge in [0.15, 0.2) is 5.17 Å². The second kappa shape index (κ2) is 6.41. The van der Waals surface area contributed by atoms with Crippen LogP contribution in [0.1, 0.15) is 16.9 Å². The second-order valence-electron chi connectivity index (χ2n) is 4.39. The Bertz CT molecular complexity index is 454. The molecule has 0 aliphatic heterocycles. The van der Waals surface area contributed by atoms with Crippen molar-refractivity contribution in [3.8, 4) is 0 Å². The number of nitrogens with one attached hydrogen (secondary N) is 1. The molecule has 98 valence electrons. The van der Waals surface area contributed by atoms with Crippen LogP contribution in [-0.2, 0) is 11.2 Å². The molecule has 0 radical (unpaired) electrons. The summed E-state index contributed by atoms with van der Waals surface area (Å²) in [5.74, 6) is 1.36. The number of nitrogens with two attached hydrogens (primary N) is 1. The standard InChI is InChI=1S/C13H18N2OS2/c1-16-8-9-6-10(2-4-18-13(14)15)11-3-5-17-12(11)7-9/h2-3,5,9H,4,6-8H2,1H3,(H3,14,15). The average Bonchev–Trinajstić information content (AvgIpc) is 2.77. The van der Waals surface area contributed by atoms with Gasteiger partial charge in [0, 0.05) is 24.3 Å². The SMILES string of the molecule is COCC1CC(=CCSC(=N)N)c2ccsc2C1. The van der Waals surface area contributed by atoms with Gasteiger partial charge in [0.1, 0.15) is 0 Å². The van der Waals surface area contributed by atoms with Crippen LogP contribution in [0.2, 0.25) is 0 Å². The highest BCUT2D eigenvalue weighted by Gasteiger charge is 2.23. The molecule has 1 atom stereocenters. The Morgan fingerprint density at radius 3 is 3.22 bits per heavy atom. The van der Waals surface area contributed by atoms with Crippen molar-refractivity contribution in [2.45, 2.75) is 12.8 Å². The van der Waals surface area contributed by atoms with Crippen LogP contribution in [-0.4, -0.2) is 24.6 Å². The molecular formula is C13H18N2OS2. The Hall–Kier alpha value is -0.780. The van der Waals surface area contributed by atoms with Gasteiger partial charge in [0.25, 0.3) is 0 Å². The van der Waals surface area contributed by atoms with Crippen molar-refractivity contribution in [2.24, 2.45) is 11.7 Å². The van der Waals surface area contributed by atoms with Gasteiger partial charge in [-0.15, -0.1) is 11.3 Å². The minimum atomic E-state index is 0.182. The lowest BCUT2D eigenvalue weighted by Gasteiger charge is -2.24. The van der Waals surface area contributed by atoms with E-state index in [9.17, 15) is 0 Å². The van der Waals surface area contributed by atoms with E-state index in [0.29, 0.717) is 5.92 Å². The highest BCUT2D eigenvalue weighted by molar-refractivity contribution is 8.13. The Balaban J connectivity index is 2.11. The third-order valence-corrected chi connectivity index (χ3v) is 4.63. The first kappa shape index (κ1) is 13.6. The van der Waals surface area contributed by atoms with Crippen LogP contribution in [0.3, 0.4) is 0 Å². The number of fused-ring (bicyclic) bond motifs is 1. The lowest BCUT2D eigenvalue weighted by Crippen LogP contribution is -2.16. The lowest BCUT2D eigenvalue weighted by molar-refractivity contribution is 0.153. The average molecular weight is 282 g/mol. The minimum absolute atomic E-state index is 0.182. The normalized spacial score (nSPS) is 20.9. The van der Waals surface area contributed by atoms with Crippen LogP contribution in [0.15, 0.2) is 17.5 Å². The number of hydrogen-bond acceptors (Lipinski definition) is 4. The van der Waals surface area contributed by atoms with Crippen LogP contribution in [0.25, 0.3) is 5.57 Å². The molecule has 0 amide bonds. The Labute approximate surface area is 116 Å². The van der Waals surface area contributed by atoms with E-state index < -0.39 is 0 Å². The summed E-state index contributed by atoms with van der Waals surface area (Å²) >= 11 is 3.20. The molecule has 0 spiro atoms. The van der Waals surface area contributed by atoms with Gasteiger partial charge in [-0.1, -0.05) is 17.8 Å². The zero-order valence-electron chi connectivity index (χ0n) is 10.4. The van der Waals surface area contributed by atoms with Gasteiger partial charge < -0.3 is 10.5 Å². The minimum Gasteiger partial charge on any atom is -0.384 e. The van der Waals surface area contributed by atoms with Crippen molar-refractivity contribution in [2.75, 3.05) is 19.5 Å². The summed E-state index contributed by atoms with van der Waals surface area (Å²) in [5, 5.41) is 9.57. The van der Waals surface area contributed by atoms with Gasteiger partial charge in [-0.05, 0) is 41.3 Å². The number of hydrogen-bond donors (Lipinski definition) is 2. The molecule has 18 heavy (non-hydrogen) atoms. The molecule has 1 aliphatic rings. The van der Waals surface area contributed by atoms with E-state index in [0.717, 1.165) is 25.2 Å². The Morgan fingerprint density at radius 2 is 2.50 bits per heavy atom. The molecule has 0 bridgehead atoms. The first-order valence-corrected chi connectivity index (χ1v) is 7.78. The van der Waals surface area contributed by atoms with Gasteiger partial charge in [-0.3, -0.25) is 5.41 Å². The summed E-state index contributed by atoms with van der Waals surface area (Å²) in [6.45, 7) is 0.814.